The highest BCUT2D eigenvalue weighted by Gasteiger charge is 2.00. The Balaban J connectivity index is 2.84. The molecule has 1 aromatic carbocycles. The Kier molecular flexibility index (Phi) is 2.40. The minimum absolute atomic E-state index is 0.581. The molecular formula is C9H9N2+. The molecule has 0 aliphatic rings. The van der Waals surface area contributed by atoms with E-state index >= 15 is 0 Å². The molecule has 0 bridgehead atoms. The van der Waals surface area contributed by atoms with E-state index in [9.17, 15) is 0 Å². The molecule has 0 fully saturated rings. The van der Waals surface area contributed by atoms with E-state index in [4.69, 9.17) is 5.39 Å². The van der Waals surface area contributed by atoms with E-state index in [1.165, 1.54) is 5.56 Å². The zero-order valence-corrected chi connectivity index (χ0v) is 6.20. The van der Waals surface area contributed by atoms with Crippen molar-refractivity contribution in [3.05, 3.63) is 47.5 Å². The lowest BCUT2D eigenvalue weighted by Gasteiger charge is -1.90. The van der Waals surface area contributed by atoms with Gasteiger partial charge in [0.2, 0.25) is 5.39 Å². The van der Waals surface area contributed by atoms with E-state index in [-0.39, 0.29) is 0 Å². The first kappa shape index (κ1) is 7.49. The van der Waals surface area contributed by atoms with Crippen LogP contribution in [0.1, 0.15) is 5.56 Å². The summed E-state index contributed by atoms with van der Waals surface area (Å²) in [7, 11) is 0. The number of nitrogens with zero attached hydrogens (tertiary/aromatic N) is 2. The Morgan fingerprint density at radius 3 is 2.45 bits per heavy atom. The maximum absolute atomic E-state index is 8.36. The Labute approximate surface area is 65.8 Å². The van der Waals surface area contributed by atoms with Gasteiger partial charge >= 0.3 is 5.69 Å². The highest BCUT2D eigenvalue weighted by molar-refractivity contribution is 5.44. The van der Waals surface area contributed by atoms with Crippen molar-refractivity contribution in [3.63, 3.8) is 0 Å². The van der Waals surface area contributed by atoms with Gasteiger partial charge in [0.25, 0.3) is 0 Å². The highest BCUT2D eigenvalue weighted by Crippen LogP contribution is 2.12. The predicted molar refractivity (Wildman–Crippen MR) is 45.1 cm³/mol. The van der Waals surface area contributed by atoms with Crippen LogP contribution in [-0.2, 0) is 6.42 Å². The molecule has 0 saturated heterocycles. The van der Waals surface area contributed by atoms with E-state index in [1.807, 2.05) is 18.2 Å². The maximum Gasteiger partial charge on any atom is 0.385 e. The van der Waals surface area contributed by atoms with Gasteiger partial charge in [-0.25, -0.2) is 0 Å². The fourth-order valence-electron chi connectivity index (χ4n) is 0.865. The summed E-state index contributed by atoms with van der Waals surface area (Å²) in [5.41, 5.74) is 1.75. The van der Waals surface area contributed by atoms with Crippen LogP contribution in [0.3, 0.4) is 0 Å². The van der Waals surface area contributed by atoms with Crippen LogP contribution in [0.2, 0.25) is 0 Å². The van der Waals surface area contributed by atoms with Gasteiger partial charge in [-0.1, -0.05) is 18.2 Å². The number of allylic oxidation sites excluding steroid dienone is 1. The van der Waals surface area contributed by atoms with Crippen molar-refractivity contribution in [2.75, 3.05) is 0 Å². The minimum atomic E-state index is 0.581. The first-order valence-corrected chi connectivity index (χ1v) is 3.42. The molecule has 0 N–H and O–H groups in total. The van der Waals surface area contributed by atoms with Gasteiger partial charge in [-0.05, 0) is 12.0 Å². The van der Waals surface area contributed by atoms with Crippen LogP contribution < -0.4 is 0 Å². The summed E-state index contributed by atoms with van der Waals surface area (Å²) in [6, 6.07) is 7.35. The van der Waals surface area contributed by atoms with Gasteiger partial charge in [-0.2, -0.15) is 0 Å². The fraction of sp³-hybridized carbons (Fsp3) is 0.111. The van der Waals surface area contributed by atoms with Crippen molar-refractivity contribution >= 4 is 5.69 Å². The topological polar surface area (TPSA) is 28.1 Å². The first-order chi connectivity index (χ1) is 5.36. The van der Waals surface area contributed by atoms with Crippen molar-refractivity contribution in [2.24, 2.45) is 0 Å². The number of rotatable bonds is 2. The second-order valence-corrected chi connectivity index (χ2v) is 2.26. The lowest BCUT2D eigenvalue weighted by Crippen LogP contribution is -1.76. The smallest absolute Gasteiger partial charge is 0.103 e. The van der Waals surface area contributed by atoms with Crippen LogP contribution >= 0.6 is 0 Å². The molecule has 2 nitrogen and oxygen atoms in total. The second-order valence-electron chi connectivity index (χ2n) is 2.26. The summed E-state index contributed by atoms with van der Waals surface area (Å²) >= 11 is 0. The predicted octanol–water partition coefficient (Wildman–Crippen LogP) is 2.90. The maximum atomic E-state index is 8.36. The average molecular weight is 145 g/mol. The monoisotopic (exact) mass is 145 g/mol. The molecule has 0 aliphatic heterocycles. The zero-order chi connectivity index (χ0) is 8.10. The third-order valence-corrected chi connectivity index (χ3v) is 1.43. The lowest BCUT2D eigenvalue weighted by atomic mass is 10.1. The van der Waals surface area contributed by atoms with Gasteiger partial charge in [0.1, 0.15) is 0 Å². The van der Waals surface area contributed by atoms with Gasteiger partial charge in [0.15, 0.2) is 4.98 Å². The quantitative estimate of drug-likeness (QED) is 0.464. The number of diazo groups is 1. The van der Waals surface area contributed by atoms with E-state index in [2.05, 4.69) is 11.6 Å². The van der Waals surface area contributed by atoms with E-state index < -0.39 is 0 Å². The normalized spacial score (nSPS) is 8.64. The molecule has 0 unspecified atom stereocenters. The molecule has 0 spiro atoms. The first-order valence-electron chi connectivity index (χ1n) is 3.42. The Morgan fingerprint density at radius 2 is 2.00 bits per heavy atom. The van der Waals surface area contributed by atoms with Gasteiger partial charge in [-0.15, -0.1) is 6.58 Å². The number of hydrogen-bond acceptors (Lipinski definition) is 1. The summed E-state index contributed by atoms with van der Waals surface area (Å²) in [5.74, 6) is 0. The van der Waals surface area contributed by atoms with E-state index in [1.54, 1.807) is 12.1 Å². The van der Waals surface area contributed by atoms with Crippen LogP contribution in [0, 0.1) is 5.39 Å². The molecule has 0 aromatic heterocycles. The summed E-state index contributed by atoms with van der Waals surface area (Å²) in [6.07, 6.45) is 2.69. The fourth-order valence-corrected chi connectivity index (χ4v) is 0.865. The highest BCUT2D eigenvalue weighted by atomic mass is 14.8. The molecule has 1 rings (SSSR count). The summed E-state index contributed by atoms with van der Waals surface area (Å²) in [6.45, 7) is 3.63. The van der Waals surface area contributed by atoms with Crippen LogP contribution in [0.5, 0.6) is 0 Å². The SMILES string of the molecule is C=CCc1ccc([N+]#N)cc1. The van der Waals surface area contributed by atoms with E-state index in [0.29, 0.717) is 5.69 Å². The zero-order valence-electron chi connectivity index (χ0n) is 6.20. The molecule has 0 radical (unpaired) electrons. The molecule has 0 atom stereocenters. The van der Waals surface area contributed by atoms with Crippen molar-refractivity contribution in [1.29, 1.82) is 5.39 Å². The molecular weight excluding hydrogens is 136 g/mol. The second kappa shape index (κ2) is 3.52. The Hall–Kier alpha value is -1.62. The average Bonchev–Trinajstić information content (AvgIpc) is 2.07. The van der Waals surface area contributed by atoms with Gasteiger partial charge < -0.3 is 0 Å². The molecule has 2 heteroatoms. The molecule has 1 aromatic rings. The van der Waals surface area contributed by atoms with Crippen LogP contribution in [-0.4, -0.2) is 0 Å². The van der Waals surface area contributed by atoms with Crippen molar-refractivity contribution in [1.82, 2.24) is 0 Å². The Morgan fingerprint density at radius 1 is 1.36 bits per heavy atom. The standard InChI is InChI=1S/C9H9N2/c1-2-3-8-4-6-9(11-10)7-5-8/h2,4-7H,1,3H2/q+1. The van der Waals surface area contributed by atoms with Gasteiger partial charge in [0, 0.05) is 12.1 Å². The number of hydrogen-bond donors (Lipinski definition) is 0. The van der Waals surface area contributed by atoms with Gasteiger partial charge in [0.05, 0.1) is 0 Å². The lowest BCUT2D eigenvalue weighted by molar-refractivity contribution is 1.28. The number of benzene rings is 1. The van der Waals surface area contributed by atoms with Crippen molar-refractivity contribution in [3.8, 4) is 0 Å². The Bertz CT molecular complexity index is 279. The largest absolute Gasteiger partial charge is 0.385 e. The summed E-state index contributed by atoms with van der Waals surface area (Å²) in [5, 5.41) is 8.36. The molecule has 11 heavy (non-hydrogen) atoms. The van der Waals surface area contributed by atoms with Crippen LogP contribution in [0.15, 0.2) is 36.9 Å². The molecule has 0 amide bonds. The molecule has 0 aliphatic carbocycles. The van der Waals surface area contributed by atoms with Gasteiger partial charge in [-0.3, -0.25) is 0 Å². The van der Waals surface area contributed by atoms with Crippen molar-refractivity contribution in [2.45, 2.75) is 6.42 Å². The third kappa shape index (κ3) is 1.91. The third-order valence-electron chi connectivity index (χ3n) is 1.43. The molecule has 0 heterocycles. The summed E-state index contributed by atoms with van der Waals surface area (Å²) < 4.78 is 0. The molecule has 54 valence electrons. The van der Waals surface area contributed by atoms with Crippen LogP contribution in [0.4, 0.5) is 5.69 Å². The van der Waals surface area contributed by atoms with Crippen LogP contribution in [0.25, 0.3) is 4.98 Å². The van der Waals surface area contributed by atoms with Crippen molar-refractivity contribution < 1.29 is 0 Å². The molecule has 0 saturated carbocycles. The van der Waals surface area contributed by atoms with E-state index in [0.717, 1.165) is 6.42 Å². The minimum Gasteiger partial charge on any atom is -0.103 e. The summed E-state index contributed by atoms with van der Waals surface area (Å²) in [4.78, 5) is 3.05.